The molecule has 2 unspecified atom stereocenters. The Morgan fingerprint density at radius 3 is 2.87 bits per heavy atom. The number of aliphatic hydroxyl groups excluding tert-OH is 1. The van der Waals surface area contributed by atoms with Gasteiger partial charge in [-0.05, 0) is 18.9 Å². The van der Waals surface area contributed by atoms with Gasteiger partial charge in [-0.1, -0.05) is 19.8 Å². The van der Waals surface area contributed by atoms with Gasteiger partial charge in [-0.3, -0.25) is 10.1 Å². The molecule has 2 rings (SSSR count). The van der Waals surface area contributed by atoms with E-state index in [0.29, 0.717) is 12.2 Å². The van der Waals surface area contributed by atoms with Gasteiger partial charge in [-0.25, -0.2) is 0 Å². The van der Waals surface area contributed by atoms with Crippen molar-refractivity contribution in [2.75, 3.05) is 11.9 Å². The third kappa shape index (κ3) is 4.28. The normalized spacial score (nSPS) is 24.5. The Kier molecular flexibility index (Phi) is 5.35. The summed E-state index contributed by atoms with van der Waals surface area (Å²) in [6, 6.07) is 3.75. The van der Waals surface area contributed by atoms with Gasteiger partial charge in [0.1, 0.15) is 0 Å². The third-order valence-corrected chi connectivity index (χ3v) is 4.35. The van der Waals surface area contributed by atoms with Gasteiger partial charge in [0, 0.05) is 29.8 Å². The molecule has 23 heavy (non-hydrogen) atoms. The highest BCUT2D eigenvalue weighted by molar-refractivity contribution is 5.58. The maximum absolute atomic E-state index is 12.4. The molecule has 0 heterocycles. The molecule has 1 aromatic rings. The zero-order valence-electron chi connectivity index (χ0n) is 12.8. The minimum atomic E-state index is -3.14. The average molecular weight is 330 g/mol. The number of hydrogen-bond acceptors (Lipinski definition) is 5. The summed E-state index contributed by atoms with van der Waals surface area (Å²) in [4.78, 5) is 10.1. The second-order valence-corrected chi connectivity index (χ2v) is 6.09. The highest BCUT2D eigenvalue weighted by atomic mass is 19.3. The Bertz CT molecular complexity index is 570. The van der Waals surface area contributed by atoms with Crippen molar-refractivity contribution >= 4 is 11.4 Å². The fourth-order valence-corrected chi connectivity index (χ4v) is 2.86. The molecule has 2 N–H and O–H groups in total. The van der Waals surface area contributed by atoms with Crippen molar-refractivity contribution in [1.82, 2.24) is 0 Å². The number of ether oxygens (including phenoxy) is 1. The van der Waals surface area contributed by atoms with Crippen LogP contribution in [-0.2, 0) is 0 Å². The van der Waals surface area contributed by atoms with Crippen molar-refractivity contribution in [2.24, 2.45) is 5.41 Å². The third-order valence-electron chi connectivity index (χ3n) is 4.35. The summed E-state index contributed by atoms with van der Waals surface area (Å²) < 4.78 is 29.0. The molecule has 0 bridgehead atoms. The number of nitrogens with one attached hydrogen (secondary N) is 1. The second kappa shape index (κ2) is 7.08. The molecule has 1 aliphatic rings. The van der Waals surface area contributed by atoms with Crippen LogP contribution in [0.2, 0.25) is 0 Å². The maximum atomic E-state index is 12.4. The fraction of sp³-hybridized carbons (Fsp3) is 0.600. The first-order chi connectivity index (χ1) is 10.8. The average Bonchev–Trinajstić information content (AvgIpc) is 2.48. The first-order valence-electron chi connectivity index (χ1n) is 7.47. The van der Waals surface area contributed by atoms with E-state index in [1.165, 1.54) is 12.1 Å². The summed E-state index contributed by atoms with van der Waals surface area (Å²) in [5.74, 6) is -0.482. The minimum Gasteiger partial charge on any atom is -0.427 e. The molecule has 1 saturated carbocycles. The van der Waals surface area contributed by atoms with Crippen LogP contribution in [0, 0.1) is 15.5 Å². The molecule has 0 amide bonds. The van der Waals surface area contributed by atoms with Gasteiger partial charge in [0.05, 0.1) is 11.0 Å². The lowest BCUT2D eigenvalue weighted by Gasteiger charge is -2.38. The van der Waals surface area contributed by atoms with Crippen LogP contribution < -0.4 is 10.1 Å². The molecule has 0 spiro atoms. The number of aliphatic hydroxyl groups is 1. The summed E-state index contributed by atoms with van der Waals surface area (Å²) in [5.41, 5.74) is -0.394. The molecule has 128 valence electrons. The molecule has 1 aromatic carbocycles. The molecular formula is C15H20F2N2O4. The van der Waals surface area contributed by atoms with Gasteiger partial charge in [0.25, 0.3) is 0 Å². The van der Waals surface area contributed by atoms with Crippen LogP contribution in [0.4, 0.5) is 20.2 Å². The maximum Gasteiger partial charge on any atom is 0.387 e. The Morgan fingerprint density at radius 1 is 1.52 bits per heavy atom. The highest BCUT2D eigenvalue weighted by Gasteiger charge is 2.35. The molecular weight excluding hydrogens is 310 g/mol. The van der Waals surface area contributed by atoms with E-state index in [0.717, 1.165) is 31.7 Å². The van der Waals surface area contributed by atoms with E-state index in [1.807, 2.05) is 6.92 Å². The second-order valence-electron chi connectivity index (χ2n) is 6.09. The lowest BCUT2D eigenvalue weighted by molar-refractivity contribution is -0.386. The van der Waals surface area contributed by atoms with Crippen molar-refractivity contribution in [3.63, 3.8) is 0 Å². The number of benzene rings is 1. The van der Waals surface area contributed by atoms with Crippen LogP contribution in [0.25, 0.3) is 0 Å². The summed E-state index contributed by atoms with van der Waals surface area (Å²) in [5, 5.41) is 24.0. The van der Waals surface area contributed by atoms with E-state index in [9.17, 15) is 24.0 Å². The molecule has 0 aromatic heterocycles. The predicted molar refractivity (Wildman–Crippen MR) is 80.8 cm³/mol. The van der Waals surface area contributed by atoms with Crippen molar-refractivity contribution in [2.45, 2.75) is 45.3 Å². The van der Waals surface area contributed by atoms with E-state index in [-0.39, 0.29) is 5.41 Å². The predicted octanol–water partition coefficient (Wildman–Crippen LogP) is 3.55. The minimum absolute atomic E-state index is 0.316. The van der Waals surface area contributed by atoms with Gasteiger partial charge < -0.3 is 15.2 Å². The van der Waals surface area contributed by atoms with Gasteiger partial charge in [-0.2, -0.15) is 8.78 Å². The number of hydrogen-bond donors (Lipinski definition) is 2. The van der Waals surface area contributed by atoms with Crippen LogP contribution in [0.15, 0.2) is 18.2 Å². The van der Waals surface area contributed by atoms with Crippen LogP contribution in [0.5, 0.6) is 5.75 Å². The zero-order valence-corrected chi connectivity index (χ0v) is 12.8. The monoisotopic (exact) mass is 330 g/mol. The first-order valence-corrected chi connectivity index (χ1v) is 7.47. The number of nitro groups is 1. The fourth-order valence-electron chi connectivity index (χ4n) is 2.86. The Labute approximate surface area is 132 Å². The first kappa shape index (κ1) is 17.4. The standard InChI is InChI=1S/C15H20F2N2O4/c1-15(7-3-2-4-13(15)20)9-18-10-5-6-11(19(21)22)12(8-10)23-14(16)17/h5-6,8,13-14,18,20H,2-4,7,9H2,1H3. The Hall–Kier alpha value is -1.96. The van der Waals surface area contributed by atoms with E-state index >= 15 is 0 Å². The largest absolute Gasteiger partial charge is 0.427 e. The quantitative estimate of drug-likeness (QED) is 0.615. The van der Waals surface area contributed by atoms with Crippen molar-refractivity contribution in [1.29, 1.82) is 0 Å². The molecule has 6 nitrogen and oxygen atoms in total. The lowest BCUT2D eigenvalue weighted by atomic mass is 9.73. The van der Waals surface area contributed by atoms with E-state index < -0.39 is 29.1 Å². The summed E-state index contributed by atoms with van der Waals surface area (Å²) in [7, 11) is 0. The number of halogens is 2. The van der Waals surface area contributed by atoms with Gasteiger partial charge in [-0.15, -0.1) is 0 Å². The topological polar surface area (TPSA) is 84.6 Å². The molecule has 8 heteroatoms. The SMILES string of the molecule is CC1(CNc2ccc([N+](=O)[O-])c(OC(F)F)c2)CCCCC1O. The van der Waals surface area contributed by atoms with Gasteiger partial charge in [0.2, 0.25) is 5.75 Å². The molecule has 0 radical (unpaired) electrons. The van der Waals surface area contributed by atoms with Crippen LogP contribution in [0.3, 0.4) is 0 Å². The number of nitrogens with zero attached hydrogens (tertiary/aromatic N) is 1. The molecule has 2 atom stereocenters. The Balaban J connectivity index is 2.12. The smallest absolute Gasteiger partial charge is 0.387 e. The number of nitro benzene ring substituents is 1. The van der Waals surface area contributed by atoms with E-state index in [1.54, 1.807) is 0 Å². The Morgan fingerprint density at radius 2 is 2.26 bits per heavy atom. The van der Waals surface area contributed by atoms with Crippen LogP contribution >= 0.6 is 0 Å². The summed E-state index contributed by atoms with van der Waals surface area (Å²) in [6.45, 7) is -0.729. The molecule has 1 aliphatic carbocycles. The molecule has 1 fully saturated rings. The molecule has 0 aliphatic heterocycles. The van der Waals surface area contributed by atoms with Crippen molar-refractivity contribution < 1.29 is 23.5 Å². The summed E-state index contributed by atoms with van der Waals surface area (Å²) in [6.07, 6.45) is 3.17. The lowest BCUT2D eigenvalue weighted by Crippen LogP contribution is -2.41. The number of rotatable bonds is 6. The van der Waals surface area contributed by atoms with E-state index in [2.05, 4.69) is 10.1 Å². The van der Waals surface area contributed by atoms with Gasteiger partial charge >= 0.3 is 12.3 Å². The van der Waals surface area contributed by atoms with Crippen LogP contribution in [0.1, 0.15) is 32.6 Å². The molecule has 0 saturated heterocycles. The van der Waals surface area contributed by atoms with Crippen molar-refractivity contribution in [3.05, 3.63) is 28.3 Å². The van der Waals surface area contributed by atoms with E-state index in [4.69, 9.17) is 0 Å². The number of anilines is 1. The zero-order chi connectivity index (χ0) is 17.0. The highest BCUT2D eigenvalue weighted by Crippen LogP contribution is 2.37. The van der Waals surface area contributed by atoms with Crippen molar-refractivity contribution in [3.8, 4) is 5.75 Å². The van der Waals surface area contributed by atoms with Gasteiger partial charge in [0.15, 0.2) is 0 Å². The van der Waals surface area contributed by atoms with Crippen LogP contribution in [-0.4, -0.2) is 29.3 Å². The number of alkyl halides is 2. The summed E-state index contributed by atoms with van der Waals surface area (Å²) >= 11 is 0.